The summed E-state index contributed by atoms with van der Waals surface area (Å²) < 4.78 is 4.94. The van der Waals surface area contributed by atoms with Crippen LogP contribution in [0.1, 0.15) is 12.8 Å². The van der Waals surface area contributed by atoms with Gasteiger partial charge in [-0.3, -0.25) is 4.99 Å². The van der Waals surface area contributed by atoms with Gasteiger partial charge in [0.25, 0.3) is 0 Å². The number of aliphatic imine (C=N–C) groups is 1. The van der Waals surface area contributed by atoms with E-state index >= 15 is 0 Å². The van der Waals surface area contributed by atoms with Crippen LogP contribution < -0.4 is 0 Å². The van der Waals surface area contributed by atoms with Crippen molar-refractivity contribution in [1.29, 1.82) is 0 Å². The molecule has 0 aromatic carbocycles. The molecule has 1 rings (SSSR count). The molecule has 0 atom stereocenters. The highest BCUT2D eigenvalue weighted by Gasteiger charge is 1.97. The van der Waals surface area contributed by atoms with Crippen molar-refractivity contribution in [2.75, 3.05) is 13.7 Å². The predicted molar refractivity (Wildman–Crippen MR) is 37.7 cm³/mol. The van der Waals surface area contributed by atoms with E-state index in [2.05, 4.69) is 4.99 Å². The Labute approximate surface area is 55.2 Å². The number of ether oxygens (including phenoxy) is 1. The van der Waals surface area contributed by atoms with Crippen molar-refractivity contribution in [3.05, 3.63) is 11.8 Å². The summed E-state index contributed by atoms with van der Waals surface area (Å²) in [5.74, 6) is 0. The minimum absolute atomic E-state index is 0.733. The van der Waals surface area contributed by atoms with E-state index in [0.717, 1.165) is 19.4 Å². The first kappa shape index (κ1) is 6.49. The second-order valence-corrected chi connectivity index (χ2v) is 2.09. The van der Waals surface area contributed by atoms with Crippen LogP contribution >= 0.6 is 0 Å². The van der Waals surface area contributed by atoms with E-state index in [4.69, 9.17) is 4.74 Å². The quantitative estimate of drug-likeness (QED) is 0.546. The second-order valence-electron chi connectivity index (χ2n) is 2.09. The van der Waals surface area contributed by atoms with Crippen LogP contribution in [0.5, 0.6) is 0 Å². The van der Waals surface area contributed by atoms with Crippen LogP contribution in [-0.2, 0) is 4.74 Å². The molecule has 1 aliphatic rings. The average molecular weight is 125 g/mol. The van der Waals surface area contributed by atoms with E-state index in [-0.39, 0.29) is 0 Å². The van der Waals surface area contributed by atoms with E-state index < -0.39 is 0 Å². The van der Waals surface area contributed by atoms with E-state index in [1.165, 1.54) is 5.57 Å². The molecular formula is C7H11NO. The monoisotopic (exact) mass is 125 g/mol. The number of hydrogen-bond donors (Lipinski definition) is 0. The van der Waals surface area contributed by atoms with Gasteiger partial charge in [0.05, 0.1) is 6.61 Å². The smallest absolute Gasteiger partial charge is 0.0690 e. The Kier molecular flexibility index (Phi) is 2.46. The minimum atomic E-state index is 0.733. The van der Waals surface area contributed by atoms with Crippen molar-refractivity contribution in [3.63, 3.8) is 0 Å². The molecule has 2 heteroatoms. The lowest BCUT2D eigenvalue weighted by molar-refractivity contribution is 0.223. The summed E-state index contributed by atoms with van der Waals surface area (Å²) in [7, 11) is 1.71. The van der Waals surface area contributed by atoms with Crippen LogP contribution in [-0.4, -0.2) is 19.9 Å². The van der Waals surface area contributed by atoms with E-state index in [1.54, 1.807) is 7.11 Å². The molecule has 0 aromatic heterocycles. The average Bonchev–Trinajstić information content (AvgIpc) is 1.91. The molecule has 0 amide bonds. The van der Waals surface area contributed by atoms with Gasteiger partial charge in [0.15, 0.2) is 0 Å². The van der Waals surface area contributed by atoms with Crippen LogP contribution in [0.4, 0.5) is 0 Å². The third-order valence-corrected chi connectivity index (χ3v) is 1.29. The highest BCUT2D eigenvalue weighted by atomic mass is 16.5. The van der Waals surface area contributed by atoms with Crippen molar-refractivity contribution in [1.82, 2.24) is 0 Å². The molecule has 0 spiro atoms. The van der Waals surface area contributed by atoms with Crippen LogP contribution in [0.3, 0.4) is 0 Å². The van der Waals surface area contributed by atoms with Gasteiger partial charge in [0.1, 0.15) is 0 Å². The van der Waals surface area contributed by atoms with Gasteiger partial charge < -0.3 is 4.74 Å². The summed E-state index contributed by atoms with van der Waals surface area (Å²) in [6, 6.07) is 0. The molecule has 0 N–H and O–H groups in total. The first-order valence-electron chi connectivity index (χ1n) is 3.12. The van der Waals surface area contributed by atoms with E-state index in [1.807, 2.05) is 12.4 Å². The summed E-state index contributed by atoms with van der Waals surface area (Å²) in [4.78, 5) is 4.01. The fourth-order valence-corrected chi connectivity index (χ4v) is 0.842. The fraction of sp³-hybridized carbons (Fsp3) is 0.571. The SMILES string of the molecule is COCC1=CN=CCC1. The Balaban J connectivity index is 2.38. The van der Waals surface area contributed by atoms with Crippen LogP contribution in [0.25, 0.3) is 0 Å². The maximum atomic E-state index is 4.94. The first-order chi connectivity index (χ1) is 4.43. The van der Waals surface area contributed by atoms with Gasteiger partial charge in [-0.05, 0) is 18.4 Å². The molecule has 0 bridgehead atoms. The summed E-state index contributed by atoms with van der Waals surface area (Å²) in [6.07, 6.45) is 5.98. The third-order valence-electron chi connectivity index (χ3n) is 1.29. The van der Waals surface area contributed by atoms with Gasteiger partial charge in [-0.1, -0.05) is 0 Å². The van der Waals surface area contributed by atoms with E-state index in [9.17, 15) is 0 Å². The summed E-state index contributed by atoms with van der Waals surface area (Å²) >= 11 is 0. The van der Waals surface area contributed by atoms with Gasteiger partial charge in [-0.25, -0.2) is 0 Å². The zero-order valence-electron chi connectivity index (χ0n) is 5.63. The van der Waals surface area contributed by atoms with Crippen LogP contribution in [0.2, 0.25) is 0 Å². The van der Waals surface area contributed by atoms with Crippen molar-refractivity contribution in [3.8, 4) is 0 Å². The highest BCUT2D eigenvalue weighted by molar-refractivity contribution is 5.60. The first-order valence-corrected chi connectivity index (χ1v) is 3.12. The highest BCUT2D eigenvalue weighted by Crippen LogP contribution is 2.07. The van der Waals surface area contributed by atoms with Crippen LogP contribution in [0, 0.1) is 0 Å². The molecule has 9 heavy (non-hydrogen) atoms. The maximum absolute atomic E-state index is 4.94. The number of rotatable bonds is 2. The van der Waals surface area contributed by atoms with E-state index in [0.29, 0.717) is 0 Å². The summed E-state index contributed by atoms with van der Waals surface area (Å²) in [5.41, 5.74) is 1.29. The van der Waals surface area contributed by atoms with Crippen molar-refractivity contribution in [2.24, 2.45) is 4.99 Å². The zero-order chi connectivity index (χ0) is 6.53. The van der Waals surface area contributed by atoms with Gasteiger partial charge >= 0.3 is 0 Å². The zero-order valence-corrected chi connectivity index (χ0v) is 5.63. The predicted octanol–water partition coefficient (Wildman–Crippen LogP) is 1.38. The molecule has 0 aromatic rings. The lowest BCUT2D eigenvalue weighted by Crippen LogP contribution is -1.97. The summed E-state index contributed by atoms with van der Waals surface area (Å²) in [5, 5.41) is 0. The van der Waals surface area contributed by atoms with Crippen LogP contribution in [0.15, 0.2) is 16.8 Å². The molecule has 1 aliphatic heterocycles. The molecule has 2 nitrogen and oxygen atoms in total. The molecule has 0 unspecified atom stereocenters. The topological polar surface area (TPSA) is 21.6 Å². The molecule has 0 fully saturated rings. The van der Waals surface area contributed by atoms with Gasteiger partial charge in [-0.15, -0.1) is 0 Å². The lowest BCUT2D eigenvalue weighted by atomic mass is 10.1. The van der Waals surface area contributed by atoms with Crippen molar-refractivity contribution < 1.29 is 4.74 Å². The number of hydrogen-bond acceptors (Lipinski definition) is 2. The normalized spacial score (nSPS) is 17.7. The minimum Gasteiger partial charge on any atom is -0.380 e. The van der Waals surface area contributed by atoms with Gasteiger partial charge in [-0.2, -0.15) is 0 Å². The molecule has 0 radical (unpaired) electrons. The maximum Gasteiger partial charge on any atom is 0.0690 e. The third kappa shape index (κ3) is 1.98. The Hall–Kier alpha value is -0.630. The van der Waals surface area contributed by atoms with Gasteiger partial charge in [0.2, 0.25) is 0 Å². The van der Waals surface area contributed by atoms with Crippen molar-refractivity contribution in [2.45, 2.75) is 12.8 Å². The lowest BCUT2D eigenvalue weighted by Gasteiger charge is -2.05. The molecule has 0 saturated carbocycles. The molecule has 0 saturated heterocycles. The number of methoxy groups -OCH3 is 1. The number of nitrogens with zero attached hydrogens (tertiary/aromatic N) is 1. The standard InChI is InChI=1S/C7H11NO/c1-9-6-7-3-2-4-8-5-7/h4-5H,2-3,6H2,1H3. The fourth-order valence-electron chi connectivity index (χ4n) is 0.842. The Bertz CT molecular complexity index is 138. The Morgan fingerprint density at radius 2 is 2.67 bits per heavy atom. The molecular weight excluding hydrogens is 114 g/mol. The largest absolute Gasteiger partial charge is 0.380 e. The Morgan fingerprint density at radius 1 is 1.78 bits per heavy atom. The molecule has 50 valence electrons. The molecule has 1 heterocycles. The van der Waals surface area contributed by atoms with Crippen molar-refractivity contribution >= 4 is 6.21 Å². The molecule has 0 aliphatic carbocycles. The summed E-state index contributed by atoms with van der Waals surface area (Å²) in [6.45, 7) is 0.733. The Morgan fingerprint density at radius 3 is 3.22 bits per heavy atom. The second kappa shape index (κ2) is 3.41. The van der Waals surface area contributed by atoms with Gasteiger partial charge in [0, 0.05) is 19.5 Å².